The summed E-state index contributed by atoms with van der Waals surface area (Å²) in [6.07, 6.45) is 0. The molecular weight excluding hydrogens is 228 g/mol. The van der Waals surface area contributed by atoms with Gasteiger partial charge in [0, 0.05) is 23.7 Å². The van der Waals surface area contributed by atoms with Gasteiger partial charge in [-0.3, -0.25) is 0 Å². The topological polar surface area (TPSA) is 24.9 Å². The zero-order valence-corrected chi connectivity index (χ0v) is 11.3. The van der Waals surface area contributed by atoms with E-state index in [4.69, 9.17) is 0 Å². The molecule has 1 N–H and O–H groups in total. The molecule has 1 aromatic heterocycles. The highest BCUT2D eigenvalue weighted by atomic mass is 32.1. The first-order chi connectivity index (χ1) is 8.15. The van der Waals surface area contributed by atoms with Gasteiger partial charge < -0.3 is 5.32 Å². The molecule has 2 nitrogen and oxygen atoms in total. The average molecular weight is 246 g/mol. The largest absolute Gasteiger partial charge is 0.304 e. The van der Waals surface area contributed by atoms with Crippen molar-refractivity contribution in [1.82, 2.24) is 10.3 Å². The van der Waals surface area contributed by atoms with Crippen molar-refractivity contribution in [1.29, 1.82) is 0 Å². The van der Waals surface area contributed by atoms with Crippen LogP contribution in [0.3, 0.4) is 0 Å². The van der Waals surface area contributed by atoms with E-state index in [0.717, 1.165) is 17.2 Å². The van der Waals surface area contributed by atoms with E-state index in [1.54, 1.807) is 11.3 Å². The van der Waals surface area contributed by atoms with Gasteiger partial charge in [-0.25, -0.2) is 4.98 Å². The average Bonchev–Trinajstić information content (AvgIpc) is 2.72. The predicted molar refractivity (Wildman–Crippen MR) is 73.3 cm³/mol. The fourth-order valence-corrected chi connectivity index (χ4v) is 2.50. The first-order valence-corrected chi connectivity index (χ1v) is 6.74. The maximum Gasteiger partial charge on any atom is 0.107 e. The van der Waals surface area contributed by atoms with E-state index in [2.05, 4.69) is 53.8 Å². The van der Waals surface area contributed by atoms with Crippen LogP contribution in [0.2, 0.25) is 0 Å². The molecular formula is C14H18N2S. The van der Waals surface area contributed by atoms with Gasteiger partial charge in [-0.15, -0.1) is 11.3 Å². The first-order valence-electron chi connectivity index (χ1n) is 5.86. The summed E-state index contributed by atoms with van der Waals surface area (Å²) in [6.45, 7) is 7.19. The smallest absolute Gasteiger partial charge is 0.107 e. The van der Waals surface area contributed by atoms with Crippen LogP contribution in [-0.4, -0.2) is 4.98 Å². The molecule has 0 aliphatic heterocycles. The summed E-state index contributed by atoms with van der Waals surface area (Å²) in [6, 6.07) is 8.98. The molecule has 1 aromatic carbocycles. The third kappa shape index (κ3) is 3.38. The van der Waals surface area contributed by atoms with Gasteiger partial charge in [0.15, 0.2) is 0 Å². The minimum Gasteiger partial charge on any atom is -0.304 e. The number of aryl methyl sites for hydroxylation is 2. The molecule has 90 valence electrons. The van der Waals surface area contributed by atoms with E-state index in [1.165, 1.54) is 11.1 Å². The summed E-state index contributed by atoms with van der Waals surface area (Å²) in [5, 5.41) is 6.75. The highest BCUT2D eigenvalue weighted by Crippen LogP contribution is 2.15. The van der Waals surface area contributed by atoms with Crippen LogP contribution in [0.25, 0.3) is 0 Å². The molecule has 0 spiro atoms. The molecule has 0 aliphatic rings. The van der Waals surface area contributed by atoms with Crippen LogP contribution in [-0.2, 0) is 6.54 Å². The number of rotatable bonds is 4. The lowest BCUT2D eigenvalue weighted by Gasteiger charge is -2.13. The monoisotopic (exact) mass is 246 g/mol. The van der Waals surface area contributed by atoms with Crippen LogP contribution in [0.15, 0.2) is 29.6 Å². The summed E-state index contributed by atoms with van der Waals surface area (Å²) in [4.78, 5) is 4.45. The molecule has 0 amide bonds. The first kappa shape index (κ1) is 12.3. The number of nitrogens with zero attached hydrogens (tertiary/aromatic N) is 1. The van der Waals surface area contributed by atoms with Gasteiger partial charge in [0.2, 0.25) is 0 Å². The Hall–Kier alpha value is -1.19. The van der Waals surface area contributed by atoms with E-state index in [-0.39, 0.29) is 0 Å². The Morgan fingerprint density at radius 2 is 2.18 bits per heavy atom. The van der Waals surface area contributed by atoms with Crippen molar-refractivity contribution < 1.29 is 0 Å². The summed E-state index contributed by atoms with van der Waals surface area (Å²) in [5.74, 6) is 0. The zero-order valence-electron chi connectivity index (χ0n) is 10.5. The predicted octanol–water partition coefficient (Wildman–Crippen LogP) is 3.61. The van der Waals surface area contributed by atoms with E-state index in [9.17, 15) is 0 Å². The van der Waals surface area contributed by atoms with Crippen molar-refractivity contribution in [2.75, 3.05) is 0 Å². The van der Waals surface area contributed by atoms with Gasteiger partial charge in [0.1, 0.15) is 5.01 Å². The highest BCUT2D eigenvalue weighted by Gasteiger charge is 2.06. The second-order valence-electron chi connectivity index (χ2n) is 4.40. The normalized spacial score (nSPS) is 12.6. The van der Waals surface area contributed by atoms with Crippen LogP contribution in [0.4, 0.5) is 0 Å². The zero-order chi connectivity index (χ0) is 12.3. The second kappa shape index (κ2) is 5.43. The van der Waals surface area contributed by atoms with E-state index in [0.29, 0.717) is 6.04 Å². The van der Waals surface area contributed by atoms with Crippen LogP contribution in [0, 0.1) is 13.8 Å². The van der Waals surface area contributed by atoms with Crippen molar-refractivity contribution >= 4 is 11.3 Å². The number of thiazole rings is 1. The van der Waals surface area contributed by atoms with Gasteiger partial charge in [-0.05, 0) is 26.3 Å². The Kier molecular flexibility index (Phi) is 3.92. The molecule has 0 aliphatic carbocycles. The maximum absolute atomic E-state index is 4.45. The second-order valence-corrected chi connectivity index (χ2v) is 5.34. The summed E-state index contributed by atoms with van der Waals surface area (Å²) < 4.78 is 0. The molecule has 1 atom stereocenters. The molecule has 2 aromatic rings. The van der Waals surface area contributed by atoms with E-state index < -0.39 is 0 Å². The fourth-order valence-electron chi connectivity index (χ4n) is 1.78. The molecule has 2 rings (SSSR count). The van der Waals surface area contributed by atoms with Gasteiger partial charge in [0.25, 0.3) is 0 Å². The fraction of sp³-hybridized carbons (Fsp3) is 0.357. The lowest BCUT2D eigenvalue weighted by molar-refractivity contribution is 0.572. The summed E-state index contributed by atoms with van der Waals surface area (Å²) in [5.41, 5.74) is 3.74. The number of nitrogens with one attached hydrogen (secondary N) is 1. The minimum atomic E-state index is 0.360. The lowest BCUT2D eigenvalue weighted by Crippen LogP contribution is -2.18. The highest BCUT2D eigenvalue weighted by molar-refractivity contribution is 7.09. The van der Waals surface area contributed by atoms with Crippen molar-refractivity contribution in [3.63, 3.8) is 0 Å². The quantitative estimate of drug-likeness (QED) is 0.891. The van der Waals surface area contributed by atoms with Crippen LogP contribution in [0.5, 0.6) is 0 Å². The Labute approximate surface area is 107 Å². The van der Waals surface area contributed by atoms with E-state index >= 15 is 0 Å². The molecule has 0 radical (unpaired) electrons. The van der Waals surface area contributed by atoms with Crippen molar-refractivity contribution in [2.45, 2.75) is 33.4 Å². The van der Waals surface area contributed by atoms with Crippen molar-refractivity contribution in [3.05, 3.63) is 51.5 Å². The summed E-state index contributed by atoms with van der Waals surface area (Å²) in [7, 11) is 0. The molecule has 0 bridgehead atoms. The Balaban J connectivity index is 1.95. The van der Waals surface area contributed by atoms with Crippen LogP contribution in [0.1, 0.15) is 34.8 Å². The Morgan fingerprint density at radius 1 is 1.35 bits per heavy atom. The number of hydrogen-bond donors (Lipinski definition) is 1. The molecule has 0 saturated heterocycles. The van der Waals surface area contributed by atoms with Crippen LogP contribution >= 0.6 is 11.3 Å². The lowest BCUT2D eigenvalue weighted by atomic mass is 10.1. The number of hydrogen-bond acceptors (Lipinski definition) is 3. The SMILES string of the molecule is Cc1cccc([C@@H](C)NCc2nc(C)cs2)c1. The van der Waals surface area contributed by atoms with E-state index in [1.807, 2.05) is 6.92 Å². The molecule has 0 fully saturated rings. The summed E-state index contributed by atoms with van der Waals surface area (Å²) >= 11 is 1.72. The maximum atomic E-state index is 4.45. The van der Waals surface area contributed by atoms with Gasteiger partial charge in [-0.2, -0.15) is 0 Å². The van der Waals surface area contributed by atoms with Gasteiger partial charge in [-0.1, -0.05) is 29.8 Å². The van der Waals surface area contributed by atoms with Crippen molar-refractivity contribution in [3.8, 4) is 0 Å². The Morgan fingerprint density at radius 3 is 2.82 bits per heavy atom. The third-order valence-corrected chi connectivity index (χ3v) is 3.73. The molecule has 17 heavy (non-hydrogen) atoms. The van der Waals surface area contributed by atoms with Crippen molar-refractivity contribution in [2.24, 2.45) is 0 Å². The van der Waals surface area contributed by atoms with Gasteiger partial charge in [0.05, 0.1) is 0 Å². The van der Waals surface area contributed by atoms with Crippen LogP contribution < -0.4 is 5.32 Å². The standard InChI is InChI=1S/C14H18N2S/c1-10-5-4-6-13(7-10)12(3)15-8-14-16-11(2)9-17-14/h4-7,9,12,15H,8H2,1-3H3/t12-/m1/s1. The molecule has 0 saturated carbocycles. The van der Waals surface area contributed by atoms with Gasteiger partial charge >= 0.3 is 0 Å². The molecule has 0 unspecified atom stereocenters. The number of benzene rings is 1. The molecule has 3 heteroatoms. The Bertz CT molecular complexity index is 490. The number of aromatic nitrogens is 1. The third-order valence-electron chi connectivity index (χ3n) is 2.77. The molecule has 1 heterocycles. The minimum absolute atomic E-state index is 0.360.